The topological polar surface area (TPSA) is 59.7 Å². The van der Waals surface area contributed by atoms with Crippen LogP contribution in [0, 0.1) is 63.9 Å². The molecule has 0 aromatic rings. The molecule has 16 heavy (non-hydrogen) atoms. The van der Waals surface area contributed by atoms with Crippen LogP contribution in [0.15, 0.2) is 0 Å². The van der Waals surface area contributed by atoms with Crippen molar-refractivity contribution in [3.05, 3.63) is 58.0 Å². The maximum absolute atomic E-state index is 7.50. The van der Waals surface area contributed by atoms with Crippen molar-refractivity contribution in [3.63, 3.8) is 0 Å². The molecule has 0 spiro atoms. The van der Waals surface area contributed by atoms with E-state index in [0.29, 0.717) is 5.92 Å². The molecule has 0 saturated heterocycles. The van der Waals surface area contributed by atoms with Gasteiger partial charge in [0, 0.05) is 0 Å². The Morgan fingerprint density at radius 2 is 1.31 bits per heavy atom. The van der Waals surface area contributed by atoms with E-state index in [1.165, 1.54) is 5.92 Å². The van der Waals surface area contributed by atoms with Crippen molar-refractivity contribution in [2.75, 3.05) is 0 Å². The van der Waals surface area contributed by atoms with Crippen LogP contribution < -0.4 is 0 Å². The SMILES string of the molecule is C[CH-][C@H](C)[C]1[CH][CH][CH][CH]1.[C-]#[O+].[C-]#[O+].[C-]#[O+].[Mo+2]. The molecule has 0 N–H and O–H groups in total. The van der Waals surface area contributed by atoms with Gasteiger partial charge in [0.05, 0.1) is 0 Å². The minimum absolute atomic E-state index is 0. The third-order valence-corrected chi connectivity index (χ3v) is 1.71. The van der Waals surface area contributed by atoms with Crippen LogP contribution in [0.25, 0.3) is 0 Å². The van der Waals surface area contributed by atoms with E-state index in [1.807, 2.05) is 0 Å². The van der Waals surface area contributed by atoms with Crippen LogP contribution in [-0.4, -0.2) is 0 Å². The molecular weight excluding hydrogens is 288 g/mol. The van der Waals surface area contributed by atoms with Crippen LogP contribution in [-0.2, 0) is 35.0 Å². The summed E-state index contributed by atoms with van der Waals surface area (Å²) in [5.41, 5.74) is 0. The van der Waals surface area contributed by atoms with Crippen molar-refractivity contribution in [2.24, 2.45) is 5.92 Å². The van der Waals surface area contributed by atoms with Crippen LogP contribution in [0.5, 0.6) is 0 Å². The molecule has 0 unspecified atom stereocenters. The summed E-state index contributed by atoms with van der Waals surface area (Å²) in [5, 5.41) is 0. The smallest absolute Gasteiger partial charge is 2.00 e. The predicted molar refractivity (Wildman–Crippen MR) is 51.4 cm³/mol. The third kappa shape index (κ3) is 13.9. The van der Waals surface area contributed by atoms with Crippen molar-refractivity contribution in [3.8, 4) is 0 Å². The maximum atomic E-state index is 7.50. The third-order valence-electron chi connectivity index (χ3n) is 1.71. The Labute approximate surface area is 113 Å². The van der Waals surface area contributed by atoms with Gasteiger partial charge in [-0.25, -0.2) is 0 Å². The number of hydrogen-bond donors (Lipinski definition) is 0. The van der Waals surface area contributed by atoms with Gasteiger partial charge in [-0.15, -0.1) is 0 Å². The van der Waals surface area contributed by atoms with Gasteiger partial charge in [-0.3, -0.25) is 0 Å². The van der Waals surface area contributed by atoms with Gasteiger partial charge >= 0.3 is 55.0 Å². The van der Waals surface area contributed by atoms with Gasteiger partial charge in [0.1, 0.15) is 0 Å². The van der Waals surface area contributed by atoms with Gasteiger partial charge in [0.25, 0.3) is 0 Å². The average molecular weight is 300 g/mol. The quantitative estimate of drug-likeness (QED) is 0.426. The Kier molecular flexibility index (Phi) is 37.8. The van der Waals surface area contributed by atoms with E-state index in [1.54, 1.807) is 0 Å². The average Bonchev–Trinajstić information content (AvgIpc) is 2.89. The molecule has 0 aromatic heterocycles. The first-order chi connectivity index (χ1) is 7.34. The summed E-state index contributed by atoms with van der Waals surface area (Å²) in [6, 6.07) is 0. The monoisotopic (exact) mass is 302 g/mol. The van der Waals surface area contributed by atoms with Crippen molar-refractivity contribution >= 4 is 0 Å². The van der Waals surface area contributed by atoms with Crippen LogP contribution in [0.3, 0.4) is 0 Å². The molecule has 0 amide bonds. The molecule has 83 valence electrons. The molecule has 1 saturated carbocycles. The summed E-state index contributed by atoms with van der Waals surface area (Å²) in [7, 11) is 0. The minimum Gasteiger partial charge on any atom is 2.00 e. The van der Waals surface area contributed by atoms with Crippen molar-refractivity contribution in [2.45, 2.75) is 13.8 Å². The van der Waals surface area contributed by atoms with Gasteiger partial charge in [0.2, 0.25) is 0 Å². The fourth-order valence-corrected chi connectivity index (χ4v) is 0.885. The fraction of sp³-hybridized carbons (Fsp3) is 0.250. The summed E-state index contributed by atoms with van der Waals surface area (Å²) in [4.78, 5) is 0. The van der Waals surface area contributed by atoms with Crippen LogP contribution in [0.4, 0.5) is 0 Å². The maximum Gasteiger partial charge on any atom is 2.00 e. The molecule has 5 radical (unpaired) electrons. The fourth-order valence-electron chi connectivity index (χ4n) is 0.885. The van der Waals surface area contributed by atoms with Crippen molar-refractivity contribution in [1.82, 2.24) is 0 Å². The van der Waals surface area contributed by atoms with Crippen molar-refractivity contribution < 1.29 is 35.0 Å². The number of hydrogen-bond acceptors (Lipinski definition) is 0. The molecule has 1 aliphatic carbocycles. The van der Waals surface area contributed by atoms with E-state index in [0.717, 1.165) is 0 Å². The molecule has 0 aromatic carbocycles. The van der Waals surface area contributed by atoms with E-state index in [4.69, 9.17) is 14.0 Å². The molecule has 0 aliphatic heterocycles. The molecule has 1 atom stereocenters. The zero-order chi connectivity index (χ0) is 12.7. The molecular formula is C12H12MoO3+. The van der Waals surface area contributed by atoms with Gasteiger partial charge < -0.3 is 6.42 Å². The van der Waals surface area contributed by atoms with Gasteiger partial charge in [0.15, 0.2) is 0 Å². The first kappa shape index (κ1) is 24.9. The first-order valence-corrected chi connectivity index (χ1v) is 3.97. The van der Waals surface area contributed by atoms with Crippen molar-refractivity contribution in [1.29, 1.82) is 0 Å². The van der Waals surface area contributed by atoms with Crippen LogP contribution in [0.1, 0.15) is 13.8 Å². The molecule has 0 heterocycles. The zero-order valence-electron chi connectivity index (χ0n) is 9.10. The second-order valence-electron chi connectivity index (χ2n) is 2.34. The molecule has 0 bridgehead atoms. The van der Waals surface area contributed by atoms with Crippen LogP contribution >= 0.6 is 0 Å². The first-order valence-electron chi connectivity index (χ1n) is 3.97. The Morgan fingerprint density at radius 3 is 1.56 bits per heavy atom. The van der Waals surface area contributed by atoms with E-state index in [9.17, 15) is 0 Å². The largest absolute Gasteiger partial charge is 2.00 e. The Balaban J connectivity index is -0.0000000900. The molecule has 1 aliphatic rings. The summed E-state index contributed by atoms with van der Waals surface area (Å²) in [6.45, 7) is 17.8. The zero-order valence-corrected chi connectivity index (χ0v) is 11.1. The minimum atomic E-state index is 0. The van der Waals surface area contributed by atoms with Gasteiger partial charge in [-0.05, 0) is 31.6 Å². The van der Waals surface area contributed by atoms with Gasteiger partial charge in [-0.2, -0.15) is 12.8 Å². The molecule has 3 nitrogen and oxygen atoms in total. The Bertz CT molecular complexity index is 155. The second-order valence-corrected chi connectivity index (χ2v) is 2.34. The molecule has 1 fully saturated rings. The molecule has 1 rings (SSSR count). The van der Waals surface area contributed by atoms with E-state index in [2.05, 4.69) is 65.9 Å². The predicted octanol–water partition coefficient (Wildman–Crippen LogP) is 2.14. The summed E-state index contributed by atoms with van der Waals surface area (Å²) in [5.74, 6) is 2.03. The summed E-state index contributed by atoms with van der Waals surface area (Å²) < 4.78 is 22.5. The Hall–Kier alpha value is -0.0917. The van der Waals surface area contributed by atoms with Crippen LogP contribution in [0.2, 0.25) is 0 Å². The summed E-state index contributed by atoms with van der Waals surface area (Å²) in [6.07, 6.45) is 10.7. The number of rotatable bonds is 2. The van der Waals surface area contributed by atoms with Gasteiger partial charge in [-0.1, -0.05) is 6.92 Å². The standard InChI is InChI=1S/C9H12.3CO.Mo/c1-3-8(2)9-6-4-5-7-9;3*1-2;/h3-8H,1-2H3;;;;/q-1;;;;+2/t8-;;;;/m0..../s1. The Morgan fingerprint density at radius 1 is 1.00 bits per heavy atom. The molecule has 4 heteroatoms. The van der Waals surface area contributed by atoms with E-state index < -0.39 is 0 Å². The normalized spacial score (nSPS) is 14.2. The summed E-state index contributed by atoms with van der Waals surface area (Å²) >= 11 is 0. The van der Waals surface area contributed by atoms with E-state index in [-0.39, 0.29) is 21.1 Å². The second kappa shape index (κ2) is 24.2. The van der Waals surface area contributed by atoms with E-state index >= 15 is 0 Å².